The number of nitrogens with one attached hydrogen (secondary N) is 1. The van der Waals surface area contributed by atoms with Gasteiger partial charge in [-0.2, -0.15) is 0 Å². The number of nitrogens with zero attached hydrogens (tertiary/aromatic N) is 1. The molecule has 0 spiro atoms. The van der Waals surface area contributed by atoms with Gasteiger partial charge in [0.2, 0.25) is 5.91 Å². The van der Waals surface area contributed by atoms with Crippen LogP contribution in [0.4, 0.5) is 11.4 Å². The Kier molecular flexibility index (Phi) is 7.78. The normalized spacial score (nSPS) is 12.0. The molecule has 146 valence electrons. The molecule has 0 aromatic heterocycles. The SMILES string of the molecule is C=CC(=CC=CC)S(=O)(=O)N(CC(=O)Nc1cccc(Br)c1)c1ccccc1. The van der Waals surface area contributed by atoms with E-state index in [2.05, 4.69) is 27.8 Å². The highest BCUT2D eigenvalue weighted by molar-refractivity contribution is 9.10. The molecule has 0 aliphatic heterocycles. The molecule has 1 amide bonds. The number of hydrogen-bond donors (Lipinski definition) is 1. The first-order chi connectivity index (χ1) is 13.4. The summed E-state index contributed by atoms with van der Waals surface area (Å²) in [6, 6.07) is 15.6. The first-order valence-electron chi connectivity index (χ1n) is 8.47. The maximum atomic E-state index is 13.2. The monoisotopic (exact) mass is 460 g/mol. The molecule has 2 rings (SSSR count). The molecule has 0 heterocycles. The Labute approximate surface area is 174 Å². The third-order valence-electron chi connectivity index (χ3n) is 3.68. The van der Waals surface area contributed by atoms with Crippen LogP contribution in [0.25, 0.3) is 0 Å². The van der Waals surface area contributed by atoms with Gasteiger partial charge in [0.1, 0.15) is 6.54 Å². The predicted molar refractivity (Wildman–Crippen MR) is 119 cm³/mol. The first kappa shape index (κ1) is 21.7. The average molecular weight is 461 g/mol. The molecule has 0 saturated carbocycles. The van der Waals surface area contributed by atoms with E-state index in [1.54, 1.807) is 67.6 Å². The van der Waals surface area contributed by atoms with Gasteiger partial charge in [0.05, 0.1) is 10.6 Å². The number of hydrogen-bond acceptors (Lipinski definition) is 3. The molecule has 0 atom stereocenters. The molecule has 0 aliphatic rings. The molecule has 28 heavy (non-hydrogen) atoms. The fraction of sp³-hybridized carbons (Fsp3) is 0.0952. The van der Waals surface area contributed by atoms with Crippen LogP contribution < -0.4 is 9.62 Å². The van der Waals surface area contributed by atoms with Crippen molar-refractivity contribution in [1.82, 2.24) is 0 Å². The van der Waals surface area contributed by atoms with Crippen molar-refractivity contribution in [3.63, 3.8) is 0 Å². The Morgan fingerprint density at radius 3 is 2.50 bits per heavy atom. The van der Waals surface area contributed by atoms with Crippen molar-refractivity contribution in [2.24, 2.45) is 0 Å². The van der Waals surface area contributed by atoms with Gasteiger partial charge >= 0.3 is 0 Å². The van der Waals surface area contributed by atoms with Crippen molar-refractivity contribution in [3.05, 3.63) is 94.9 Å². The van der Waals surface area contributed by atoms with E-state index in [-0.39, 0.29) is 11.4 Å². The van der Waals surface area contributed by atoms with Crippen LogP contribution in [-0.2, 0) is 14.8 Å². The number of rotatable bonds is 8. The van der Waals surface area contributed by atoms with Gasteiger partial charge in [0.15, 0.2) is 0 Å². The third-order valence-corrected chi connectivity index (χ3v) is 5.99. The summed E-state index contributed by atoms with van der Waals surface area (Å²) in [5.41, 5.74) is 0.957. The Bertz CT molecular complexity index is 999. The zero-order valence-electron chi connectivity index (χ0n) is 15.4. The van der Waals surface area contributed by atoms with Crippen LogP contribution in [0.3, 0.4) is 0 Å². The minimum absolute atomic E-state index is 0.00436. The second-order valence-corrected chi connectivity index (χ2v) is 8.48. The maximum Gasteiger partial charge on any atom is 0.264 e. The third kappa shape index (κ3) is 5.68. The van der Waals surface area contributed by atoms with Crippen LogP contribution >= 0.6 is 15.9 Å². The van der Waals surface area contributed by atoms with Gasteiger partial charge in [-0.25, -0.2) is 8.42 Å². The van der Waals surface area contributed by atoms with Crippen molar-refractivity contribution in [2.45, 2.75) is 6.92 Å². The summed E-state index contributed by atoms with van der Waals surface area (Å²) >= 11 is 3.34. The lowest BCUT2D eigenvalue weighted by atomic mass is 10.3. The highest BCUT2D eigenvalue weighted by Gasteiger charge is 2.27. The highest BCUT2D eigenvalue weighted by Crippen LogP contribution is 2.23. The lowest BCUT2D eigenvalue weighted by molar-refractivity contribution is -0.114. The molecule has 7 heteroatoms. The van der Waals surface area contributed by atoms with Gasteiger partial charge in [0.25, 0.3) is 10.0 Å². The van der Waals surface area contributed by atoms with Crippen molar-refractivity contribution in [2.75, 3.05) is 16.2 Å². The molecule has 1 N–H and O–H groups in total. The van der Waals surface area contributed by atoms with E-state index in [4.69, 9.17) is 0 Å². The fourth-order valence-electron chi connectivity index (χ4n) is 2.38. The summed E-state index contributed by atoms with van der Waals surface area (Å²) < 4.78 is 28.2. The smallest absolute Gasteiger partial charge is 0.264 e. The highest BCUT2D eigenvalue weighted by atomic mass is 79.9. The zero-order valence-corrected chi connectivity index (χ0v) is 17.8. The first-order valence-corrected chi connectivity index (χ1v) is 10.7. The summed E-state index contributed by atoms with van der Waals surface area (Å²) in [6.45, 7) is 5.01. The van der Waals surface area contributed by atoms with Gasteiger partial charge in [-0.05, 0) is 49.4 Å². The van der Waals surface area contributed by atoms with E-state index < -0.39 is 15.9 Å². The molecule has 0 fully saturated rings. The topological polar surface area (TPSA) is 66.5 Å². The number of amides is 1. The molecule has 5 nitrogen and oxygen atoms in total. The van der Waals surface area contributed by atoms with Gasteiger partial charge in [-0.3, -0.25) is 9.10 Å². The quantitative estimate of drug-likeness (QED) is 0.571. The summed E-state index contributed by atoms with van der Waals surface area (Å²) in [4.78, 5) is 12.6. The van der Waals surface area contributed by atoms with Gasteiger partial charge in [-0.1, -0.05) is 58.9 Å². The van der Waals surface area contributed by atoms with Crippen molar-refractivity contribution >= 4 is 43.2 Å². The Hall–Kier alpha value is -2.64. The summed E-state index contributed by atoms with van der Waals surface area (Å²) in [5.74, 6) is -0.458. The van der Waals surface area contributed by atoms with Crippen LogP contribution in [0, 0.1) is 0 Å². The minimum atomic E-state index is -3.98. The summed E-state index contributed by atoms with van der Waals surface area (Å²) in [5, 5.41) is 2.72. The number of anilines is 2. The second-order valence-electron chi connectivity index (χ2n) is 5.70. The molecule has 2 aromatic rings. The summed E-state index contributed by atoms with van der Waals surface area (Å²) in [6.07, 6.45) is 6.03. The van der Waals surface area contributed by atoms with Crippen molar-refractivity contribution in [1.29, 1.82) is 0 Å². The van der Waals surface area contributed by atoms with Crippen LogP contribution in [0.5, 0.6) is 0 Å². The number of sulfonamides is 1. The largest absolute Gasteiger partial charge is 0.324 e. The van der Waals surface area contributed by atoms with E-state index in [1.807, 2.05) is 6.07 Å². The Morgan fingerprint density at radius 2 is 1.89 bits per heavy atom. The molecular formula is C21H21BrN2O3S. The van der Waals surface area contributed by atoms with E-state index in [0.717, 1.165) is 8.78 Å². The number of allylic oxidation sites excluding steroid dienone is 4. The average Bonchev–Trinajstić information content (AvgIpc) is 2.67. The van der Waals surface area contributed by atoms with E-state index in [9.17, 15) is 13.2 Å². The van der Waals surface area contributed by atoms with E-state index >= 15 is 0 Å². The molecule has 2 aromatic carbocycles. The summed E-state index contributed by atoms with van der Waals surface area (Å²) in [7, 11) is -3.98. The van der Waals surface area contributed by atoms with E-state index in [1.165, 1.54) is 12.2 Å². The number of para-hydroxylation sites is 1. The minimum Gasteiger partial charge on any atom is -0.324 e. The number of halogens is 1. The van der Waals surface area contributed by atoms with Crippen LogP contribution in [0.1, 0.15) is 6.92 Å². The van der Waals surface area contributed by atoms with E-state index in [0.29, 0.717) is 11.4 Å². The zero-order chi connectivity index (χ0) is 20.6. The Balaban J connectivity index is 2.37. The molecule has 0 unspecified atom stereocenters. The molecule has 0 radical (unpaired) electrons. The van der Waals surface area contributed by atoms with Crippen LogP contribution in [0.15, 0.2) is 94.9 Å². The van der Waals surface area contributed by atoms with Gasteiger partial charge in [-0.15, -0.1) is 0 Å². The molecule has 0 aliphatic carbocycles. The van der Waals surface area contributed by atoms with Crippen LogP contribution in [0.2, 0.25) is 0 Å². The van der Waals surface area contributed by atoms with Crippen molar-refractivity contribution < 1.29 is 13.2 Å². The molecular weight excluding hydrogens is 440 g/mol. The molecule has 0 saturated heterocycles. The van der Waals surface area contributed by atoms with Gasteiger partial charge in [0, 0.05) is 10.2 Å². The maximum absolute atomic E-state index is 13.2. The van der Waals surface area contributed by atoms with Crippen molar-refractivity contribution in [3.8, 4) is 0 Å². The molecule has 0 bridgehead atoms. The number of carbonyl (C=O) groups excluding carboxylic acids is 1. The van der Waals surface area contributed by atoms with Gasteiger partial charge < -0.3 is 5.32 Å². The second kappa shape index (κ2) is 10.1. The number of benzene rings is 2. The Morgan fingerprint density at radius 1 is 1.18 bits per heavy atom. The number of carbonyl (C=O) groups is 1. The standard InChI is InChI=1S/C21H21BrN2O3S/c1-3-5-14-20(4-2)28(26,27)24(19-12-7-6-8-13-19)16-21(25)23-18-11-9-10-17(22)15-18/h3-15H,2,16H2,1H3,(H,23,25). The van der Waals surface area contributed by atoms with Crippen LogP contribution in [-0.4, -0.2) is 20.9 Å². The lowest BCUT2D eigenvalue weighted by Gasteiger charge is -2.24. The fourth-order valence-corrected chi connectivity index (χ4v) is 4.19. The predicted octanol–water partition coefficient (Wildman–Crippen LogP) is 4.87. The lowest BCUT2D eigenvalue weighted by Crippen LogP contribution is -2.38.